The number of fused-ring (bicyclic) bond motifs is 1. The number of aromatic amines is 1. The van der Waals surface area contributed by atoms with Gasteiger partial charge < -0.3 is 5.32 Å². The molecule has 0 spiro atoms. The summed E-state index contributed by atoms with van der Waals surface area (Å²) in [5.41, 5.74) is 1.61. The number of hydrogen-bond donors (Lipinski definition) is 3. The number of anilines is 2. The van der Waals surface area contributed by atoms with E-state index >= 15 is 0 Å². The SMILES string of the molecule is Cc1cn[nH]c1NC(=O)Nc1cccc2cnccc12. The molecular weight excluding hydrogens is 254 g/mol. The third-order valence-corrected chi connectivity index (χ3v) is 3.00. The van der Waals surface area contributed by atoms with Gasteiger partial charge in [-0.1, -0.05) is 12.1 Å². The second kappa shape index (κ2) is 5.00. The average Bonchev–Trinajstić information content (AvgIpc) is 2.85. The van der Waals surface area contributed by atoms with Crippen molar-refractivity contribution >= 4 is 28.3 Å². The van der Waals surface area contributed by atoms with Gasteiger partial charge in [0.25, 0.3) is 0 Å². The van der Waals surface area contributed by atoms with Crippen molar-refractivity contribution in [3.05, 3.63) is 48.4 Å². The van der Waals surface area contributed by atoms with Crippen molar-refractivity contribution in [3.8, 4) is 0 Å². The van der Waals surface area contributed by atoms with Crippen molar-refractivity contribution in [2.75, 3.05) is 10.6 Å². The van der Waals surface area contributed by atoms with Gasteiger partial charge in [-0.05, 0) is 19.1 Å². The number of carbonyl (C=O) groups is 1. The highest BCUT2D eigenvalue weighted by atomic mass is 16.2. The van der Waals surface area contributed by atoms with Crippen molar-refractivity contribution in [1.29, 1.82) is 0 Å². The fourth-order valence-corrected chi connectivity index (χ4v) is 1.97. The molecule has 3 aromatic rings. The Morgan fingerprint density at radius 1 is 1.20 bits per heavy atom. The van der Waals surface area contributed by atoms with Crippen LogP contribution in [0.15, 0.2) is 42.9 Å². The van der Waals surface area contributed by atoms with Gasteiger partial charge in [-0.25, -0.2) is 4.79 Å². The van der Waals surface area contributed by atoms with E-state index < -0.39 is 0 Å². The number of aromatic nitrogens is 3. The van der Waals surface area contributed by atoms with Gasteiger partial charge >= 0.3 is 6.03 Å². The summed E-state index contributed by atoms with van der Waals surface area (Å²) in [7, 11) is 0. The van der Waals surface area contributed by atoms with Gasteiger partial charge in [0, 0.05) is 28.7 Å². The van der Waals surface area contributed by atoms with E-state index in [1.165, 1.54) is 0 Å². The normalized spacial score (nSPS) is 10.4. The number of carbonyl (C=O) groups excluding carboxylic acids is 1. The zero-order valence-electron chi connectivity index (χ0n) is 10.8. The van der Waals surface area contributed by atoms with E-state index in [1.807, 2.05) is 31.2 Å². The topological polar surface area (TPSA) is 82.7 Å². The standard InChI is InChI=1S/C14H13N5O/c1-9-7-16-19-13(9)18-14(20)17-12-4-2-3-10-8-15-6-5-11(10)12/h2-8H,1H3,(H3,16,17,18,19,20). The van der Waals surface area contributed by atoms with Gasteiger partial charge in [-0.3, -0.25) is 15.4 Å². The van der Waals surface area contributed by atoms with E-state index in [9.17, 15) is 4.79 Å². The number of hydrogen-bond acceptors (Lipinski definition) is 3. The van der Waals surface area contributed by atoms with Crippen LogP contribution < -0.4 is 10.6 Å². The summed E-state index contributed by atoms with van der Waals surface area (Å²) >= 11 is 0. The van der Waals surface area contributed by atoms with Crippen LogP contribution in [0.25, 0.3) is 10.8 Å². The molecule has 0 atom stereocenters. The van der Waals surface area contributed by atoms with Crippen molar-refractivity contribution in [2.24, 2.45) is 0 Å². The zero-order valence-corrected chi connectivity index (χ0v) is 10.8. The summed E-state index contributed by atoms with van der Waals surface area (Å²) in [6, 6.07) is 7.22. The van der Waals surface area contributed by atoms with Gasteiger partial charge in [0.05, 0.1) is 11.9 Å². The maximum absolute atomic E-state index is 12.0. The number of aryl methyl sites for hydroxylation is 1. The molecule has 6 nitrogen and oxygen atoms in total. The molecule has 0 saturated heterocycles. The monoisotopic (exact) mass is 267 g/mol. The second-order valence-electron chi connectivity index (χ2n) is 4.41. The molecule has 3 rings (SSSR count). The van der Waals surface area contributed by atoms with Crippen LogP contribution in [0.5, 0.6) is 0 Å². The van der Waals surface area contributed by atoms with Gasteiger partial charge in [-0.2, -0.15) is 5.10 Å². The molecular formula is C14H13N5O. The first-order chi connectivity index (χ1) is 9.74. The Bertz CT molecular complexity index is 760. The van der Waals surface area contributed by atoms with E-state index in [0.29, 0.717) is 5.82 Å². The van der Waals surface area contributed by atoms with Gasteiger partial charge in [0.2, 0.25) is 0 Å². The Labute approximate surface area is 115 Å². The molecule has 1 aromatic carbocycles. The van der Waals surface area contributed by atoms with E-state index in [0.717, 1.165) is 22.0 Å². The van der Waals surface area contributed by atoms with E-state index in [1.54, 1.807) is 18.6 Å². The molecule has 0 aliphatic carbocycles. The molecule has 100 valence electrons. The van der Waals surface area contributed by atoms with Gasteiger partial charge in [0.1, 0.15) is 5.82 Å². The number of pyridine rings is 1. The van der Waals surface area contributed by atoms with Crippen LogP contribution in [0, 0.1) is 6.92 Å². The van der Waals surface area contributed by atoms with E-state index in [2.05, 4.69) is 25.8 Å². The lowest BCUT2D eigenvalue weighted by molar-refractivity contribution is 0.262. The Morgan fingerprint density at radius 3 is 2.90 bits per heavy atom. The molecule has 2 amide bonds. The number of benzene rings is 1. The molecule has 0 bridgehead atoms. The Hall–Kier alpha value is -2.89. The highest BCUT2D eigenvalue weighted by Crippen LogP contribution is 2.22. The molecule has 0 saturated carbocycles. The molecule has 6 heteroatoms. The average molecular weight is 267 g/mol. The van der Waals surface area contributed by atoms with E-state index in [-0.39, 0.29) is 6.03 Å². The van der Waals surface area contributed by atoms with Crippen LogP contribution in [0.3, 0.4) is 0 Å². The zero-order chi connectivity index (χ0) is 13.9. The first-order valence-electron chi connectivity index (χ1n) is 6.15. The fraction of sp³-hybridized carbons (Fsp3) is 0.0714. The van der Waals surface area contributed by atoms with Crippen LogP contribution in [0.1, 0.15) is 5.56 Å². The minimum absolute atomic E-state index is 0.318. The summed E-state index contributed by atoms with van der Waals surface area (Å²) in [5, 5.41) is 14.0. The number of rotatable bonds is 2. The number of H-pyrrole nitrogens is 1. The lowest BCUT2D eigenvalue weighted by atomic mass is 10.1. The van der Waals surface area contributed by atoms with Gasteiger partial charge in [0.15, 0.2) is 0 Å². The smallest absolute Gasteiger partial charge is 0.307 e. The highest BCUT2D eigenvalue weighted by molar-refractivity contribution is 6.05. The number of nitrogens with one attached hydrogen (secondary N) is 3. The van der Waals surface area contributed by atoms with Crippen LogP contribution >= 0.6 is 0 Å². The van der Waals surface area contributed by atoms with Crippen molar-refractivity contribution in [1.82, 2.24) is 15.2 Å². The molecule has 0 aliphatic heterocycles. The molecule has 3 N–H and O–H groups in total. The summed E-state index contributed by atoms with van der Waals surface area (Å²) in [5.74, 6) is 0.587. The molecule has 0 aliphatic rings. The first kappa shape index (κ1) is 12.2. The lowest BCUT2D eigenvalue weighted by Gasteiger charge is -2.09. The van der Waals surface area contributed by atoms with E-state index in [4.69, 9.17) is 0 Å². The van der Waals surface area contributed by atoms with Crippen LogP contribution in [0.2, 0.25) is 0 Å². The molecule has 0 unspecified atom stereocenters. The van der Waals surface area contributed by atoms with Crippen LogP contribution in [0.4, 0.5) is 16.3 Å². The molecule has 0 radical (unpaired) electrons. The Morgan fingerprint density at radius 2 is 2.10 bits per heavy atom. The Kier molecular flexibility index (Phi) is 3.04. The maximum atomic E-state index is 12.0. The van der Waals surface area contributed by atoms with Crippen LogP contribution in [-0.4, -0.2) is 21.2 Å². The maximum Gasteiger partial charge on any atom is 0.324 e. The quantitative estimate of drug-likeness (QED) is 0.667. The number of nitrogens with zero attached hydrogens (tertiary/aromatic N) is 2. The first-order valence-corrected chi connectivity index (χ1v) is 6.15. The van der Waals surface area contributed by atoms with Gasteiger partial charge in [-0.15, -0.1) is 0 Å². The summed E-state index contributed by atoms with van der Waals surface area (Å²) in [6.45, 7) is 1.86. The third-order valence-electron chi connectivity index (χ3n) is 3.00. The minimum atomic E-state index is -0.318. The second-order valence-corrected chi connectivity index (χ2v) is 4.41. The highest BCUT2D eigenvalue weighted by Gasteiger charge is 2.08. The number of urea groups is 1. The lowest BCUT2D eigenvalue weighted by Crippen LogP contribution is -2.20. The van der Waals surface area contributed by atoms with Crippen LogP contribution in [-0.2, 0) is 0 Å². The molecule has 0 fully saturated rings. The molecule has 20 heavy (non-hydrogen) atoms. The summed E-state index contributed by atoms with van der Waals surface area (Å²) < 4.78 is 0. The predicted molar refractivity (Wildman–Crippen MR) is 77.7 cm³/mol. The predicted octanol–water partition coefficient (Wildman–Crippen LogP) is 2.91. The molecule has 2 aromatic heterocycles. The number of amides is 2. The summed E-state index contributed by atoms with van der Waals surface area (Å²) in [6.07, 6.45) is 5.11. The Balaban J connectivity index is 1.83. The third kappa shape index (κ3) is 2.31. The summed E-state index contributed by atoms with van der Waals surface area (Å²) in [4.78, 5) is 16.1. The van der Waals surface area contributed by atoms with Crippen molar-refractivity contribution < 1.29 is 4.79 Å². The minimum Gasteiger partial charge on any atom is -0.307 e. The van der Waals surface area contributed by atoms with Crippen molar-refractivity contribution in [2.45, 2.75) is 6.92 Å². The largest absolute Gasteiger partial charge is 0.324 e. The fourth-order valence-electron chi connectivity index (χ4n) is 1.97. The van der Waals surface area contributed by atoms with Crippen molar-refractivity contribution in [3.63, 3.8) is 0 Å². The molecule has 2 heterocycles.